The molecule has 0 saturated heterocycles. The van der Waals surface area contributed by atoms with Gasteiger partial charge in [-0.05, 0) is 71.3 Å². The van der Waals surface area contributed by atoms with Gasteiger partial charge in [0.05, 0.1) is 6.10 Å². The SMILES string of the molecule is COC1CCC=C1c1cc2c(cc1C)C(C)(C)CCC2(C)C. The molecule has 1 heteroatoms. The van der Waals surface area contributed by atoms with Crippen molar-refractivity contribution in [2.45, 2.75) is 77.2 Å². The average Bonchev–Trinajstić information content (AvgIpc) is 2.92. The summed E-state index contributed by atoms with van der Waals surface area (Å²) >= 11 is 0. The van der Waals surface area contributed by atoms with Gasteiger partial charge in [0, 0.05) is 7.11 Å². The van der Waals surface area contributed by atoms with Crippen molar-refractivity contribution in [2.75, 3.05) is 7.11 Å². The van der Waals surface area contributed by atoms with Crippen molar-refractivity contribution in [3.05, 3.63) is 40.5 Å². The van der Waals surface area contributed by atoms with Gasteiger partial charge in [0.2, 0.25) is 0 Å². The number of hydrogen-bond donors (Lipinski definition) is 0. The number of hydrogen-bond acceptors (Lipinski definition) is 1. The molecule has 0 fully saturated rings. The van der Waals surface area contributed by atoms with Crippen LogP contribution in [0.5, 0.6) is 0 Å². The summed E-state index contributed by atoms with van der Waals surface area (Å²) in [5.74, 6) is 0. The molecule has 0 amide bonds. The molecule has 120 valence electrons. The lowest BCUT2D eigenvalue weighted by atomic mass is 9.62. The van der Waals surface area contributed by atoms with E-state index < -0.39 is 0 Å². The van der Waals surface area contributed by atoms with Crippen LogP contribution in [0.4, 0.5) is 0 Å². The van der Waals surface area contributed by atoms with Crippen molar-refractivity contribution >= 4 is 5.57 Å². The van der Waals surface area contributed by atoms with Crippen LogP contribution in [0.25, 0.3) is 5.57 Å². The van der Waals surface area contributed by atoms with Gasteiger partial charge in [-0.1, -0.05) is 45.9 Å². The lowest BCUT2D eigenvalue weighted by Crippen LogP contribution is -2.34. The van der Waals surface area contributed by atoms with E-state index in [1.807, 2.05) is 7.11 Å². The molecule has 1 atom stereocenters. The smallest absolute Gasteiger partial charge is 0.0826 e. The van der Waals surface area contributed by atoms with E-state index in [0.29, 0.717) is 5.41 Å². The molecule has 3 rings (SSSR count). The van der Waals surface area contributed by atoms with Crippen molar-refractivity contribution in [1.29, 1.82) is 0 Å². The van der Waals surface area contributed by atoms with E-state index in [1.165, 1.54) is 29.5 Å². The Morgan fingerprint density at radius 3 is 2.18 bits per heavy atom. The van der Waals surface area contributed by atoms with Crippen LogP contribution >= 0.6 is 0 Å². The summed E-state index contributed by atoms with van der Waals surface area (Å²) in [4.78, 5) is 0. The number of ether oxygens (including phenoxy) is 1. The third-order valence-electron chi connectivity index (χ3n) is 5.93. The van der Waals surface area contributed by atoms with Crippen LogP contribution in [0.15, 0.2) is 18.2 Å². The Hall–Kier alpha value is -1.08. The Morgan fingerprint density at radius 1 is 1.00 bits per heavy atom. The maximum atomic E-state index is 5.70. The normalized spacial score (nSPS) is 25.7. The number of aryl methyl sites for hydroxylation is 1. The number of fused-ring (bicyclic) bond motifs is 1. The molecule has 1 nitrogen and oxygen atoms in total. The summed E-state index contributed by atoms with van der Waals surface area (Å²) in [7, 11) is 1.84. The highest BCUT2D eigenvalue weighted by atomic mass is 16.5. The molecule has 22 heavy (non-hydrogen) atoms. The molecular formula is C21H30O. The van der Waals surface area contributed by atoms with E-state index >= 15 is 0 Å². The fraction of sp³-hybridized carbons (Fsp3) is 0.619. The van der Waals surface area contributed by atoms with Crippen LogP contribution < -0.4 is 0 Å². The minimum Gasteiger partial charge on any atom is -0.377 e. The first-order valence-corrected chi connectivity index (χ1v) is 8.65. The third-order valence-corrected chi connectivity index (χ3v) is 5.93. The maximum absolute atomic E-state index is 5.70. The second kappa shape index (κ2) is 5.23. The van der Waals surface area contributed by atoms with Crippen LogP contribution in [-0.2, 0) is 15.6 Å². The van der Waals surface area contributed by atoms with E-state index in [1.54, 1.807) is 11.1 Å². The zero-order chi connectivity index (χ0) is 16.1. The Bertz CT molecular complexity index is 619. The van der Waals surface area contributed by atoms with Crippen molar-refractivity contribution in [2.24, 2.45) is 0 Å². The third kappa shape index (κ3) is 2.44. The van der Waals surface area contributed by atoms with E-state index in [-0.39, 0.29) is 11.5 Å². The lowest BCUT2D eigenvalue weighted by Gasteiger charge is -2.42. The first kappa shape index (κ1) is 15.8. The standard InChI is InChI=1S/C21H30O/c1-14-12-17-18(21(4,5)11-10-20(17,2)3)13-16(14)15-8-7-9-19(15)22-6/h8,12-13,19H,7,9-11H2,1-6H3. The van der Waals surface area contributed by atoms with Gasteiger partial charge in [0.25, 0.3) is 0 Å². The lowest BCUT2D eigenvalue weighted by molar-refractivity contribution is 0.147. The summed E-state index contributed by atoms with van der Waals surface area (Å²) in [6, 6.07) is 4.94. The molecule has 1 unspecified atom stereocenters. The molecule has 0 aliphatic heterocycles. The molecule has 0 bridgehead atoms. The fourth-order valence-corrected chi connectivity index (χ4v) is 4.24. The van der Waals surface area contributed by atoms with Crippen LogP contribution in [0.2, 0.25) is 0 Å². The van der Waals surface area contributed by atoms with Gasteiger partial charge < -0.3 is 4.74 Å². The maximum Gasteiger partial charge on any atom is 0.0826 e. The predicted molar refractivity (Wildman–Crippen MR) is 94.5 cm³/mol. The topological polar surface area (TPSA) is 9.23 Å². The van der Waals surface area contributed by atoms with E-state index in [2.05, 4.69) is 52.8 Å². The van der Waals surface area contributed by atoms with E-state index in [9.17, 15) is 0 Å². The number of methoxy groups -OCH3 is 1. The molecule has 1 aromatic rings. The molecule has 2 aliphatic rings. The monoisotopic (exact) mass is 298 g/mol. The Morgan fingerprint density at radius 2 is 1.59 bits per heavy atom. The first-order valence-electron chi connectivity index (χ1n) is 8.65. The summed E-state index contributed by atoms with van der Waals surface area (Å²) in [6.45, 7) is 11.9. The molecule has 0 heterocycles. The summed E-state index contributed by atoms with van der Waals surface area (Å²) < 4.78 is 5.70. The minimum atomic E-state index is 0.273. The zero-order valence-corrected chi connectivity index (χ0v) is 15.0. The molecule has 0 N–H and O–H groups in total. The fourth-order valence-electron chi connectivity index (χ4n) is 4.24. The van der Waals surface area contributed by atoms with Gasteiger partial charge in [0.1, 0.15) is 0 Å². The number of allylic oxidation sites excluding steroid dienone is 1. The quantitative estimate of drug-likeness (QED) is 0.697. The number of rotatable bonds is 2. The number of benzene rings is 1. The van der Waals surface area contributed by atoms with Crippen LogP contribution in [0, 0.1) is 6.92 Å². The highest BCUT2D eigenvalue weighted by Crippen LogP contribution is 2.47. The van der Waals surface area contributed by atoms with Gasteiger partial charge >= 0.3 is 0 Å². The average molecular weight is 298 g/mol. The zero-order valence-electron chi connectivity index (χ0n) is 15.0. The molecule has 0 saturated carbocycles. The first-order chi connectivity index (χ1) is 10.3. The largest absolute Gasteiger partial charge is 0.377 e. The van der Waals surface area contributed by atoms with Gasteiger partial charge in [0.15, 0.2) is 0 Å². The van der Waals surface area contributed by atoms with Gasteiger partial charge in [-0.2, -0.15) is 0 Å². The summed E-state index contributed by atoms with van der Waals surface area (Å²) in [5, 5.41) is 0. The van der Waals surface area contributed by atoms with Crippen molar-refractivity contribution in [3.63, 3.8) is 0 Å². The molecule has 0 radical (unpaired) electrons. The Labute approximate surface area is 135 Å². The van der Waals surface area contributed by atoms with Crippen LogP contribution in [0.1, 0.15) is 75.6 Å². The summed E-state index contributed by atoms with van der Waals surface area (Å²) in [5.41, 5.74) is 7.88. The van der Waals surface area contributed by atoms with Gasteiger partial charge in [-0.15, -0.1) is 0 Å². The molecule has 2 aliphatic carbocycles. The van der Waals surface area contributed by atoms with Crippen molar-refractivity contribution in [1.82, 2.24) is 0 Å². The second-order valence-corrected chi connectivity index (χ2v) is 8.44. The van der Waals surface area contributed by atoms with Gasteiger partial charge in [-0.25, -0.2) is 0 Å². The van der Waals surface area contributed by atoms with Crippen LogP contribution in [0.3, 0.4) is 0 Å². The highest BCUT2D eigenvalue weighted by Gasteiger charge is 2.38. The molecule has 1 aromatic carbocycles. The molecule has 0 aromatic heterocycles. The predicted octanol–water partition coefficient (Wildman–Crippen LogP) is 5.54. The Kier molecular flexibility index (Phi) is 3.76. The van der Waals surface area contributed by atoms with Crippen molar-refractivity contribution < 1.29 is 4.74 Å². The second-order valence-electron chi connectivity index (χ2n) is 8.44. The van der Waals surface area contributed by atoms with E-state index in [0.717, 1.165) is 12.8 Å². The molecule has 0 spiro atoms. The van der Waals surface area contributed by atoms with Crippen LogP contribution in [-0.4, -0.2) is 13.2 Å². The van der Waals surface area contributed by atoms with Crippen molar-refractivity contribution in [3.8, 4) is 0 Å². The molecular weight excluding hydrogens is 268 g/mol. The van der Waals surface area contributed by atoms with E-state index in [4.69, 9.17) is 4.74 Å². The Balaban J connectivity index is 2.16. The minimum absolute atomic E-state index is 0.273. The highest BCUT2D eigenvalue weighted by molar-refractivity contribution is 5.74. The van der Waals surface area contributed by atoms with Gasteiger partial charge in [-0.3, -0.25) is 0 Å². The summed E-state index contributed by atoms with van der Waals surface area (Å²) in [6.07, 6.45) is 7.45.